The Morgan fingerprint density at radius 1 is 1.19 bits per heavy atom. The molecule has 0 saturated carbocycles. The van der Waals surface area contributed by atoms with Crippen molar-refractivity contribution >= 4 is 43.5 Å². The van der Waals surface area contributed by atoms with E-state index in [1.807, 2.05) is 12.1 Å². The highest BCUT2D eigenvalue weighted by Gasteiger charge is 2.15. The van der Waals surface area contributed by atoms with Gasteiger partial charge in [0.25, 0.3) is 0 Å². The highest BCUT2D eigenvalue weighted by Crippen LogP contribution is 2.26. The molecule has 0 radical (unpaired) electrons. The standard InChI is InChI=1S/C15H14Br2N2O2/c16-10-3-6-14(12(17)8-10)19-15(21)13(18)7-9-1-4-11(20)5-2-9/h1-6,8,13,20H,7,18H2,(H,19,21). The molecule has 2 rings (SSSR count). The number of rotatable bonds is 4. The Balaban J connectivity index is 2.00. The van der Waals surface area contributed by atoms with Gasteiger partial charge in [-0.3, -0.25) is 4.79 Å². The maximum Gasteiger partial charge on any atom is 0.241 e. The molecule has 1 amide bonds. The summed E-state index contributed by atoms with van der Waals surface area (Å²) in [4.78, 5) is 12.1. The van der Waals surface area contributed by atoms with Gasteiger partial charge in [0.2, 0.25) is 5.91 Å². The highest BCUT2D eigenvalue weighted by atomic mass is 79.9. The summed E-state index contributed by atoms with van der Waals surface area (Å²) >= 11 is 6.74. The van der Waals surface area contributed by atoms with E-state index < -0.39 is 6.04 Å². The summed E-state index contributed by atoms with van der Waals surface area (Å²) in [7, 11) is 0. The smallest absolute Gasteiger partial charge is 0.241 e. The minimum absolute atomic E-state index is 0.190. The lowest BCUT2D eigenvalue weighted by Gasteiger charge is -2.13. The van der Waals surface area contributed by atoms with Gasteiger partial charge >= 0.3 is 0 Å². The minimum atomic E-state index is -0.662. The average molecular weight is 414 g/mol. The predicted molar refractivity (Wildman–Crippen MR) is 90.3 cm³/mol. The number of phenols is 1. The van der Waals surface area contributed by atoms with E-state index in [0.717, 1.165) is 14.5 Å². The fourth-order valence-electron chi connectivity index (χ4n) is 1.79. The molecule has 110 valence electrons. The third kappa shape index (κ3) is 4.56. The molecule has 21 heavy (non-hydrogen) atoms. The molecule has 0 aliphatic carbocycles. The second-order valence-electron chi connectivity index (χ2n) is 4.59. The third-order valence-electron chi connectivity index (χ3n) is 2.92. The molecule has 0 aliphatic heterocycles. The maximum atomic E-state index is 12.1. The molecular formula is C15H14Br2N2O2. The molecule has 0 heterocycles. The number of hydrogen-bond donors (Lipinski definition) is 3. The van der Waals surface area contributed by atoms with Gasteiger partial charge in [-0.1, -0.05) is 28.1 Å². The number of amides is 1. The summed E-state index contributed by atoms with van der Waals surface area (Å²) in [6.45, 7) is 0. The van der Waals surface area contributed by atoms with Crippen LogP contribution in [0, 0.1) is 0 Å². The first kappa shape index (κ1) is 16.0. The number of carbonyl (C=O) groups is 1. The Morgan fingerprint density at radius 2 is 1.86 bits per heavy atom. The topological polar surface area (TPSA) is 75.3 Å². The van der Waals surface area contributed by atoms with Crippen molar-refractivity contribution in [1.82, 2.24) is 0 Å². The lowest BCUT2D eigenvalue weighted by molar-refractivity contribution is -0.117. The molecular weight excluding hydrogens is 400 g/mol. The van der Waals surface area contributed by atoms with Crippen molar-refractivity contribution in [2.24, 2.45) is 5.73 Å². The summed E-state index contributed by atoms with van der Waals surface area (Å²) in [6, 6.07) is 11.5. The van der Waals surface area contributed by atoms with E-state index in [-0.39, 0.29) is 11.7 Å². The van der Waals surface area contributed by atoms with Crippen LogP contribution in [-0.2, 0) is 11.2 Å². The van der Waals surface area contributed by atoms with Crippen LogP contribution >= 0.6 is 31.9 Å². The van der Waals surface area contributed by atoms with Gasteiger partial charge in [0, 0.05) is 8.95 Å². The molecule has 0 spiro atoms. The molecule has 4 N–H and O–H groups in total. The summed E-state index contributed by atoms with van der Waals surface area (Å²) < 4.78 is 1.70. The molecule has 0 aliphatic rings. The van der Waals surface area contributed by atoms with Crippen molar-refractivity contribution in [2.45, 2.75) is 12.5 Å². The van der Waals surface area contributed by atoms with Gasteiger partial charge in [-0.05, 0) is 58.2 Å². The van der Waals surface area contributed by atoms with Crippen molar-refractivity contribution in [3.8, 4) is 5.75 Å². The van der Waals surface area contributed by atoms with Crippen LogP contribution in [-0.4, -0.2) is 17.1 Å². The Kier molecular flexibility index (Phi) is 5.39. The van der Waals surface area contributed by atoms with E-state index in [0.29, 0.717) is 12.1 Å². The maximum absolute atomic E-state index is 12.1. The molecule has 0 saturated heterocycles. The second-order valence-corrected chi connectivity index (χ2v) is 6.36. The number of carbonyl (C=O) groups excluding carboxylic acids is 1. The van der Waals surface area contributed by atoms with Gasteiger partial charge < -0.3 is 16.2 Å². The largest absolute Gasteiger partial charge is 0.508 e. The number of aromatic hydroxyl groups is 1. The highest BCUT2D eigenvalue weighted by molar-refractivity contribution is 9.11. The van der Waals surface area contributed by atoms with Crippen LogP contribution in [0.25, 0.3) is 0 Å². The zero-order valence-electron chi connectivity index (χ0n) is 11.0. The van der Waals surface area contributed by atoms with Crippen LogP contribution in [0.1, 0.15) is 5.56 Å². The number of nitrogens with two attached hydrogens (primary N) is 1. The number of halogens is 2. The van der Waals surface area contributed by atoms with Crippen molar-refractivity contribution in [1.29, 1.82) is 0 Å². The minimum Gasteiger partial charge on any atom is -0.508 e. The van der Waals surface area contributed by atoms with Crippen LogP contribution in [0.2, 0.25) is 0 Å². The van der Waals surface area contributed by atoms with E-state index >= 15 is 0 Å². The van der Waals surface area contributed by atoms with Crippen molar-refractivity contribution in [2.75, 3.05) is 5.32 Å². The van der Waals surface area contributed by atoms with E-state index in [4.69, 9.17) is 5.73 Å². The van der Waals surface area contributed by atoms with Crippen LogP contribution in [0.4, 0.5) is 5.69 Å². The molecule has 2 aromatic carbocycles. The Bertz CT molecular complexity index is 645. The first-order valence-electron chi connectivity index (χ1n) is 6.25. The lowest BCUT2D eigenvalue weighted by Crippen LogP contribution is -2.37. The number of phenolic OH excluding ortho intramolecular Hbond substituents is 1. The van der Waals surface area contributed by atoms with Crippen LogP contribution in [0.5, 0.6) is 5.75 Å². The number of nitrogens with one attached hydrogen (secondary N) is 1. The molecule has 6 heteroatoms. The van der Waals surface area contributed by atoms with Crippen LogP contribution in [0.15, 0.2) is 51.4 Å². The van der Waals surface area contributed by atoms with E-state index in [1.54, 1.807) is 30.3 Å². The van der Waals surface area contributed by atoms with Crippen LogP contribution in [0.3, 0.4) is 0 Å². The quantitative estimate of drug-likeness (QED) is 0.718. The van der Waals surface area contributed by atoms with Gasteiger partial charge in [0.15, 0.2) is 0 Å². The summed E-state index contributed by atoms with van der Waals surface area (Å²) in [5.74, 6) is -0.0679. The molecule has 0 fully saturated rings. The number of benzene rings is 2. The SMILES string of the molecule is NC(Cc1ccc(O)cc1)C(=O)Nc1ccc(Br)cc1Br. The van der Waals surface area contributed by atoms with Crippen molar-refractivity contribution in [3.63, 3.8) is 0 Å². The first-order valence-corrected chi connectivity index (χ1v) is 7.83. The summed E-state index contributed by atoms with van der Waals surface area (Å²) in [6.07, 6.45) is 0.403. The third-order valence-corrected chi connectivity index (χ3v) is 4.07. The normalized spacial score (nSPS) is 12.0. The van der Waals surface area contributed by atoms with E-state index in [1.165, 1.54) is 0 Å². The zero-order chi connectivity index (χ0) is 15.4. The van der Waals surface area contributed by atoms with Crippen LogP contribution < -0.4 is 11.1 Å². The first-order chi connectivity index (χ1) is 9.95. The zero-order valence-corrected chi connectivity index (χ0v) is 14.2. The second kappa shape index (κ2) is 7.06. The Morgan fingerprint density at radius 3 is 2.48 bits per heavy atom. The molecule has 2 aromatic rings. The summed E-state index contributed by atoms with van der Waals surface area (Å²) in [5.41, 5.74) is 7.48. The van der Waals surface area contributed by atoms with Gasteiger partial charge in [0.05, 0.1) is 11.7 Å². The average Bonchev–Trinajstić information content (AvgIpc) is 2.44. The van der Waals surface area contributed by atoms with Crippen molar-refractivity contribution < 1.29 is 9.90 Å². The monoisotopic (exact) mass is 412 g/mol. The Labute approximate surface area is 139 Å². The number of anilines is 1. The fraction of sp³-hybridized carbons (Fsp3) is 0.133. The molecule has 0 bridgehead atoms. The molecule has 0 aromatic heterocycles. The molecule has 1 unspecified atom stereocenters. The fourth-order valence-corrected chi connectivity index (χ4v) is 2.94. The van der Waals surface area contributed by atoms with Gasteiger partial charge in [-0.25, -0.2) is 0 Å². The molecule has 4 nitrogen and oxygen atoms in total. The number of hydrogen-bond acceptors (Lipinski definition) is 3. The lowest BCUT2D eigenvalue weighted by atomic mass is 10.1. The van der Waals surface area contributed by atoms with E-state index in [9.17, 15) is 9.90 Å². The van der Waals surface area contributed by atoms with Gasteiger partial charge in [0.1, 0.15) is 5.75 Å². The van der Waals surface area contributed by atoms with Crippen molar-refractivity contribution in [3.05, 3.63) is 57.0 Å². The molecule has 1 atom stereocenters. The Hall–Kier alpha value is -1.37. The summed E-state index contributed by atoms with van der Waals surface area (Å²) in [5, 5.41) is 12.0. The van der Waals surface area contributed by atoms with Gasteiger partial charge in [-0.15, -0.1) is 0 Å². The van der Waals surface area contributed by atoms with E-state index in [2.05, 4.69) is 37.2 Å². The predicted octanol–water partition coefficient (Wildman–Crippen LogP) is 3.43. The van der Waals surface area contributed by atoms with Gasteiger partial charge in [-0.2, -0.15) is 0 Å².